The second-order valence-corrected chi connectivity index (χ2v) is 7.76. The summed E-state index contributed by atoms with van der Waals surface area (Å²) in [5.74, 6) is 0.149. The van der Waals surface area contributed by atoms with Crippen molar-refractivity contribution in [1.29, 1.82) is 0 Å². The van der Waals surface area contributed by atoms with Gasteiger partial charge >= 0.3 is 0 Å². The van der Waals surface area contributed by atoms with Crippen LogP contribution in [-0.4, -0.2) is 28.1 Å². The molecule has 142 valence electrons. The van der Waals surface area contributed by atoms with Crippen molar-refractivity contribution < 1.29 is 9.59 Å². The third-order valence-corrected chi connectivity index (χ3v) is 5.69. The second kappa shape index (κ2) is 7.72. The van der Waals surface area contributed by atoms with Crippen LogP contribution >= 0.6 is 11.6 Å². The molecule has 4 rings (SSSR count). The van der Waals surface area contributed by atoms with Crippen molar-refractivity contribution in [2.24, 2.45) is 5.92 Å². The fourth-order valence-electron chi connectivity index (χ4n) is 4.03. The van der Waals surface area contributed by atoms with Gasteiger partial charge in [-0.2, -0.15) is 5.10 Å². The monoisotopic (exact) mass is 386 g/mol. The lowest BCUT2D eigenvalue weighted by atomic mass is 9.96. The predicted octanol–water partition coefficient (Wildman–Crippen LogP) is 4.03. The van der Waals surface area contributed by atoms with Crippen molar-refractivity contribution in [3.05, 3.63) is 41.6 Å². The van der Waals surface area contributed by atoms with Crippen LogP contribution in [0, 0.1) is 5.92 Å². The number of carbonyl (C=O) groups is 2. The lowest BCUT2D eigenvalue weighted by Crippen LogP contribution is -2.29. The fourth-order valence-corrected chi connectivity index (χ4v) is 4.22. The molecular weight excluding hydrogens is 364 g/mol. The quantitative estimate of drug-likeness (QED) is 0.862. The minimum Gasteiger partial charge on any atom is -0.312 e. The van der Waals surface area contributed by atoms with Gasteiger partial charge in [-0.3, -0.25) is 9.59 Å². The first-order valence-corrected chi connectivity index (χ1v) is 9.90. The molecular formula is C20H23ClN4O2. The normalized spacial score (nSPS) is 20.9. The number of aromatic nitrogens is 2. The van der Waals surface area contributed by atoms with Gasteiger partial charge < -0.3 is 10.2 Å². The van der Waals surface area contributed by atoms with E-state index in [1.54, 1.807) is 29.3 Å². The van der Waals surface area contributed by atoms with E-state index in [0.29, 0.717) is 17.6 Å². The van der Waals surface area contributed by atoms with E-state index in [9.17, 15) is 9.59 Å². The summed E-state index contributed by atoms with van der Waals surface area (Å²) in [5.41, 5.74) is 0.732. The minimum absolute atomic E-state index is 0.0572. The lowest BCUT2D eigenvalue weighted by Gasteiger charge is -2.24. The molecule has 1 aromatic heterocycles. The number of nitrogens with zero attached hydrogens (tertiary/aromatic N) is 3. The summed E-state index contributed by atoms with van der Waals surface area (Å²) < 4.78 is 1.93. The number of benzene rings is 1. The molecule has 27 heavy (non-hydrogen) atoms. The van der Waals surface area contributed by atoms with E-state index in [4.69, 9.17) is 11.6 Å². The summed E-state index contributed by atoms with van der Waals surface area (Å²) >= 11 is 6.03. The molecule has 6 nitrogen and oxygen atoms in total. The molecule has 1 atom stereocenters. The highest BCUT2D eigenvalue weighted by molar-refractivity contribution is 6.31. The molecule has 2 fully saturated rings. The number of carbonyl (C=O) groups excluding carboxylic acids is 2. The smallest absolute Gasteiger partial charge is 0.230 e. The summed E-state index contributed by atoms with van der Waals surface area (Å²) in [4.78, 5) is 26.8. The molecule has 1 aliphatic heterocycles. The molecule has 0 spiro atoms. The molecule has 1 saturated heterocycles. The zero-order chi connectivity index (χ0) is 18.8. The molecule has 2 heterocycles. The first-order valence-electron chi connectivity index (χ1n) is 9.52. The van der Waals surface area contributed by atoms with Crippen LogP contribution in [0.5, 0.6) is 0 Å². The largest absolute Gasteiger partial charge is 0.312 e. The molecule has 1 saturated carbocycles. The number of nitrogens with one attached hydrogen (secondary N) is 1. The molecule has 2 amide bonds. The highest BCUT2D eigenvalue weighted by Gasteiger charge is 2.35. The Hall–Kier alpha value is -2.34. The average molecular weight is 387 g/mol. The summed E-state index contributed by atoms with van der Waals surface area (Å²) in [6, 6.07) is 9.33. The fraction of sp³-hybridized carbons (Fsp3) is 0.450. The molecule has 7 heteroatoms. The average Bonchev–Trinajstić information content (AvgIpc) is 3.29. The third kappa shape index (κ3) is 3.86. The molecule has 0 radical (unpaired) electrons. The molecule has 2 aliphatic rings. The van der Waals surface area contributed by atoms with E-state index in [1.165, 1.54) is 19.3 Å². The van der Waals surface area contributed by atoms with Crippen molar-refractivity contribution >= 4 is 34.9 Å². The SMILES string of the molecule is O=C(Nc1ccnn1C1CCCCC1)[C@H]1CC(=O)N(c2cccc(Cl)c2)C1. The number of hydrogen-bond acceptors (Lipinski definition) is 3. The Kier molecular flexibility index (Phi) is 5.16. The van der Waals surface area contributed by atoms with Crippen LogP contribution < -0.4 is 10.2 Å². The Balaban J connectivity index is 1.44. The molecule has 1 aliphatic carbocycles. The zero-order valence-electron chi connectivity index (χ0n) is 15.1. The first kappa shape index (κ1) is 18.0. The van der Waals surface area contributed by atoms with Gasteiger partial charge in [0.25, 0.3) is 0 Å². The summed E-state index contributed by atoms with van der Waals surface area (Å²) in [7, 11) is 0. The van der Waals surface area contributed by atoms with Crippen LogP contribution in [0.4, 0.5) is 11.5 Å². The summed E-state index contributed by atoms with van der Waals surface area (Å²) in [5, 5.41) is 7.98. The summed E-state index contributed by atoms with van der Waals surface area (Å²) in [6.07, 6.45) is 7.78. The minimum atomic E-state index is -0.383. The van der Waals surface area contributed by atoms with E-state index in [0.717, 1.165) is 24.3 Å². The van der Waals surface area contributed by atoms with Gasteiger partial charge in [0.15, 0.2) is 0 Å². The molecule has 1 N–H and O–H groups in total. The van der Waals surface area contributed by atoms with Crippen LogP contribution in [0.2, 0.25) is 5.02 Å². The Labute approximate surface area is 163 Å². The van der Waals surface area contributed by atoms with Gasteiger partial charge in [-0.05, 0) is 31.0 Å². The number of hydrogen-bond donors (Lipinski definition) is 1. The van der Waals surface area contributed by atoms with Crippen molar-refractivity contribution in [1.82, 2.24) is 9.78 Å². The van der Waals surface area contributed by atoms with Gasteiger partial charge in [-0.25, -0.2) is 4.68 Å². The molecule has 0 unspecified atom stereocenters. The second-order valence-electron chi connectivity index (χ2n) is 7.33. The molecule has 1 aromatic carbocycles. The number of amides is 2. The first-order chi connectivity index (χ1) is 13.1. The van der Waals surface area contributed by atoms with Crippen LogP contribution in [-0.2, 0) is 9.59 Å². The Bertz CT molecular complexity index is 844. The van der Waals surface area contributed by atoms with Gasteiger partial charge in [0.05, 0.1) is 18.2 Å². The maximum absolute atomic E-state index is 12.8. The van der Waals surface area contributed by atoms with Crippen LogP contribution in [0.3, 0.4) is 0 Å². The molecule has 2 aromatic rings. The van der Waals surface area contributed by atoms with E-state index >= 15 is 0 Å². The topological polar surface area (TPSA) is 67.2 Å². The van der Waals surface area contributed by atoms with Crippen molar-refractivity contribution in [2.45, 2.75) is 44.6 Å². The molecule has 0 bridgehead atoms. The Morgan fingerprint density at radius 3 is 2.78 bits per heavy atom. The third-order valence-electron chi connectivity index (χ3n) is 5.46. The van der Waals surface area contributed by atoms with E-state index in [1.807, 2.05) is 16.8 Å². The number of rotatable bonds is 4. The number of anilines is 2. The van der Waals surface area contributed by atoms with Crippen LogP contribution in [0.25, 0.3) is 0 Å². The Morgan fingerprint density at radius 1 is 1.19 bits per heavy atom. The van der Waals surface area contributed by atoms with Gasteiger partial charge in [0.1, 0.15) is 5.82 Å². The van der Waals surface area contributed by atoms with E-state index < -0.39 is 0 Å². The standard InChI is InChI=1S/C20H23ClN4O2/c21-15-5-4-8-17(12-15)24-13-14(11-19(24)26)20(27)23-18-9-10-22-25(18)16-6-2-1-3-7-16/h4-5,8-10,12,14,16H,1-3,6-7,11,13H2,(H,23,27)/t14-/m0/s1. The van der Waals surface area contributed by atoms with Crippen molar-refractivity contribution in [2.75, 3.05) is 16.8 Å². The van der Waals surface area contributed by atoms with Gasteiger partial charge in [-0.1, -0.05) is 36.9 Å². The van der Waals surface area contributed by atoms with E-state index in [2.05, 4.69) is 10.4 Å². The zero-order valence-corrected chi connectivity index (χ0v) is 15.9. The number of halogens is 1. The predicted molar refractivity (Wildman–Crippen MR) is 105 cm³/mol. The highest BCUT2D eigenvalue weighted by Crippen LogP contribution is 2.31. The summed E-state index contributed by atoms with van der Waals surface area (Å²) in [6.45, 7) is 0.364. The van der Waals surface area contributed by atoms with Gasteiger partial charge in [0.2, 0.25) is 11.8 Å². The Morgan fingerprint density at radius 2 is 2.00 bits per heavy atom. The van der Waals surface area contributed by atoms with Crippen molar-refractivity contribution in [3.8, 4) is 0 Å². The van der Waals surface area contributed by atoms with E-state index in [-0.39, 0.29) is 24.2 Å². The van der Waals surface area contributed by atoms with Crippen molar-refractivity contribution in [3.63, 3.8) is 0 Å². The highest BCUT2D eigenvalue weighted by atomic mass is 35.5. The lowest BCUT2D eigenvalue weighted by molar-refractivity contribution is -0.122. The van der Waals surface area contributed by atoms with Gasteiger partial charge in [-0.15, -0.1) is 0 Å². The van der Waals surface area contributed by atoms with Crippen LogP contribution in [0.1, 0.15) is 44.6 Å². The maximum atomic E-state index is 12.8. The van der Waals surface area contributed by atoms with Crippen LogP contribution in [0.15, 0.2) is 36.5 Å². The van der Waals surface area contributed by atoms with Gasteiger partial charge in [0, 0.05) is 29.7 Å². The maximum Gasteiger partial charge on any atom is 0.230 e.